The van der Waals surface area contributed by atoms with Crippen molar-refractivity contribution in [3.63, 3.8) is 0 Å². The second-order valence-corrected chi connectivity index (χ2v) is 5.34. The van der Waals surface area contributed by atoms with Crippen molar-refractivity contribution in [2.24, 2.45) is 11.8 Å². The van der Waals surface area contributed by atoms with Gasteiger partial charge in [-0.3, -0.25) is 4.79 Å². The van der Waals surface area contributed by atoms with Gasteiger partial charge in [0, 0.05) is 6.92 Å². The number of methoxy groups -OCH3 is 1. The predicted molar refractivity (Wildman–Crippen MR) is 68.9 cm³/mol. The number of nitrogens with one attached hydrogen (secondary N) is 1. The summed E-state index contributed by atoms with van der Waals surface area (Å²) in [6, 6.07) is 0. The molecule has 0 aliphatic rings. The molecule has 2 atom stereocenters. The molecule has 106 valence electrons. The molecule has 0 heterocycles. The molecule has 1 amide bonds. The van der Waals surface area contributed by atoms with E-state index in [0.717, 1.165) is 0 Å². The van der Waals surface area contributed by atoms with E-state index in [1.165, 1.54) is 14.0 Å². The molecule has 0 aromatic heterocycles. The number of aliphatic hydroxyl groups excluding tert-OH is 1. The first-order valence-electron chi connectivity index (χ1n) is 6.23. The summed E-state index contributed by atoms with van der Waals surface area (Å²) >= 11 is 0. The highest BCUT2D eigenvalue weighted by atomic mass is 16.5. The number of hydrogen-bond acceptors (Lipinski definition) is 4. The van der Waals surface area contributed by atoms with Gasteiger partial charge in [-0.2, -0.15) is 0 Å². The van der Waals surface area contributed by atoms with E-state index in [9.17, 15) is 14.7 Å². The molecule has 0 fully saturated rings. The van der Waals surface area contributed by atoms with Crippen LogP contribution in [0.3, 0.4) is 0 Å². The molecular weight excluding hydrogens is 234 g/mol. The van der Waals surface area contributed by atoms with Crippen molar-refractivity contribution in [3.05, 3.63) is 0 Å². The molecule has 0 aromatic rings. The molecule has 18 heavy (non-hydrogen) atoms. The number of carbonyl (C=O) groups is 2. The Hall–Kier alpha value is -1.10. The second kappa shape index (κ2) is 6.73. The smallest absolute Gasteiger partial charge is 0.334 e. The Bertz CT molecular complexity index is 301. The maximum atomic E-state index is 12.0. The minimum atomic E-state index is -1.38. The molecule has 0 unspecified atom stereocenters. The van der Waals surface area contributed by atoms with Gasteiger partial charge in [-0.1, -0.05) is 27.7 Å². The van der Waals surface area contributed by atoms with Gasteiger partial charge in [-0.15, -0.1) is 0 Å². The SMILES string of the molecule is COC(=O)[C@](NC(C)=O)(C(C)C)[C@@H](O)CC(C)C. The van der Waals surface area contributed by atoms with E-state index in [4.69, 9.17) is 4.74 Å². The topological polar surface area (TPSA) is 75.6 Å². The highest BCUT2D eigenvalue weighted by Crippen LogP contribution is 2.27. The van der Waals surface area contributed by atoms with E-state index in [2.05, 4.69) is 5.32 Å². The highest BCUT2D eigenvalue weighted by molar-refractivity contribution is 5.88. The average Bonchev–Trinajstić information content (AvgIpc) is 2.22. The first kappa shape index (κ1) is 16.9. The van der Waals surface area contributed by atoms with Gasteiger partial charge in [0.1, 0.15) is 0 Å². The normalized spacial score (nSPS) is 16.3. The number of carbonyl (C=O) groups excluding carboxylic acids is 2. The summed E-state index contributed by atoms with van der Waals surface area (Å²) < 4.78 is 4.77. The third kappa shape index (κ3) is 3.70. The van der Waals surface area contributed by atoms with Crippen LogP contribution in [0.25, 0.3) is 0 Å². The molecule has 0 aromatic carbocycles. The molecule has 0 aliphatic heterocycles. The number of amides is 1. The second-order valence-electron chi connectivity index (χ2n) is 5.34. The van der Waals surface area contributed by atoms with Crippen molar-refractivity contribution in [1.82, 2.24) is 5.32 Å². The fourth-order valence-electron chi connectivity index (χ4n) is 2.13. The molecule has 0 radical (unpaired) electrons. The molecule has 0 spiro atoms. The van der Waals surface area contributed by atoms with Crippen LogP contribution >= 0.6 is 0 Å². The van der Waals surface area contributed by atoms with Crippen LogP contribution < -0.4 is 5.32 Å². The van der Waals surface area contributed by atoms with Crippen molar-refractivity contribution in [2.45, 2.75) is 52.7 Å². The summed E-state index contributed by atoms with van der Waals surface area (Å²) in [4.78, 5) is 23.4. The number of hydrogen-bond donors (Lipinski definition) is 2. The van der Waals surface area contributed by atoms with Gasteiger partial charge < -0.3 is 15.2 Å². The van der Waals surface area contributed by atoms with Gasteiger partial charge in [-0.25, -0.2) is 4.79 Å². The number of esters is 1. The highest BCUT2D eigenvalue weighted by Gasteiger charge is 2.49. The van der Waals surface area contributed by atoms with Crippen LogP contribution in [0.2, 0.25) is 0 Å². The Morgan fingerprint density at radius 2 is 1.78 bits per heavy atom. The van der Waals surface area contributed by atoms with Crippen LogP contribution in [0, 0.1) is 11.8 Å². The zero-order chi connectivity index (χ0) is 14.5. The average molecular weight is 259 g/mol. The third-order valence-corrected chi connectivity index (χ3v) is 3.04. The van der Waals surface area contributed by atoms with Gasteiger partial charge in [0.2, 0.25) is 5.91 Å². The van der Waals surface area contributed by atoms with E-state index in [0.29, 0.717) is 6.42 Å². The Labute approximate surface area is 109 Å². The number of ether oxygens (including phenoxy) is 1. The summed E-state index contributed by atoms with van der Waals surface area (Å²) in [6.07, 6.45) is -0.568. The molecule has 0 saturated carbocycles. The zero-order valence-corrected chi connectivity index (χ0v) is 12.1. The molecule has 0 rings (SSSR count). The summed E-state index contributed by atoms with van der Waals surface area (Å²) in [5.74, 6) is -1.04. The third-order valence-electron chi connectivity index (χ3n) is 3.04. The van der Waals surface area contributed by atoms with E-state index >= 15 is 0 Å². The van der Waals surface area contributed by atoms with Crippen LogP contribution in [-0.2, 0) is 14.3 Å². The maximum absolute atomic E-state index is 12.0. The van der Waals surface area contributed by atoms with Crippen LogP contribution in [0.4, 0.5) is 0 Å². The quantitative estimate of drug-likeness (QED) is 0.700. The van der Waals surface area contributed by atoms with E-state index in [1.807, 2.05) is 13.8 Å². The number of rotatable bonds is 6. The van der Waals surface area contributed by atoms with Gasteiger partial charge in [0.15, 0.2) is 5.54 Å². The summed E-state index contributed by atoms with van der Waals surface area (Å²) in [6.45, 7) is 8.76. The predicted octanol–water partition coefficient (Wildman–Crippen LogP) is 1.10. The lowest BCUT2D eigenvalue weighted by atomic mass is 9.78. The minimum Gasteiger partial charge on any atom is -0.467 e. The molecule has 0 bridgehead atoms. The van der Waals surface area contributed by atoms with Crippen LogP contribution in [0.15, 0.2) is 0 Å². The minimum absolute atomic E-state index is 0.205. The molecule has 5 nitrogen and oxygen atoms in total. The van der Waals surface area contributed by atoms with E-state index in [1.54, 1.807) is 13.8 Å². The fraction of sp³-hybridized carbons (Fsp3) is 0.846. The standard InChI is InChI=1S/C13H25NO4/c1-8(2)7-11(16)13(9(3)4,12(17)18-6)14-10(5)15/h8-9,11,16H,7H2,1-6H3,(H,14,15)/t11-,13-/m0/s1. The molecule has 0 aliphatic carbocycles. The first-order chi connectivity index (χ1) is 8.18. The summed E-state index contributed by atoms with van der Waals surface area (Å²) in [7, 11) is 1.25. The van der Waals surface area contributed by atoms with E-state index in [-0.39, 0.29) is 17.7 Å². The monoisotopic (exact) mass is 259 g/mol. The number of aliphatic hydroxyl groups is 1. The molecule has 2 N–H and O–H groups in total. The lowest BCUT2D eigenvalue weighted by molar-refractivity contribution is -0.160. The van der Waals surface area contributed by atoms with Crippen molar-refractivity contribution >= 4 is 11.9 Å². The maximum Gasteiger partial charge on any atom is 0.334 e. The summed E-state index contributed by atoms with van der Waals surface area (Å²) in [5, 5.41) is 12.9. The van der Waals surface area contributed by atoms with Gasteiger partial charge in [0.25, 0.3) is 0 Å². The molecule has 5 heteroatoms. The van der Waals surface area contributed by atoms with Crippen LogP contribution in [0.5, 0.6) is 0 Å². The van der Waals surface area contributed by atoms with Crippen molar-refractivity contribution < 1.29 is 19.4 Å². The van der Waals surface area contributed by atoms with Gasteiger partial charge in [-0.05, 0) is 18.3 Å². The van der Waals surface area contributed by atoms with Gasteiger partial charge in [0.05, 0.1) is 13.2 Å². The van der Waals surface area contributed by atoms with Crippen molar-refractivity contribution in [1.29, 1.82) is 0 Å². The lowest BCUT2D eigenvalue weighted by Crippen LogP contribution is -2.65. The molecular formula is C13H25NO4. The Balaban J connectivity index is 5.44. The Kier molecular flexibility index (Phi) is 6.32. The largest absolute Gasteiger partial charge is 0.467 e. The van der Waals surface area contributed by atoms with Crippen molar-refractivity contribution in [2.75, 3.05) is 7.11 Å². The van der Waals surface area contributed by atoms with Crippen LogP contribution in [-0.4, -0.2) is 35.7 Å². The van der Waals surface area contributed by atoms with Gasteiger partial charge >= 0.3 is 5.97 Å². The van der Waals surface area contributed by atoms with Crippen molar-refractivity contribution in [3.8, 4) is 0 Å². The molecule has 0 saturated heterocycles. The Morgan fingerprint density at radius 1 is 1.28 bits per heavy atom. The fourth-order valence-corrected chi connectivity index (χ4v) is 2.13. The first-order valence-corrected chi connectivity index (χ1v) is 6.23. The lowest BCUT2D eigenvalue weighted by Gasteiger charge is -2.39. The van der Waals surface area contributed by atoms with E-state index < -0.39 is 17.6 Å². The summed E-state index contributed by atoms with van der Waals surface area (Å²) in [5.41, 5.74) is -1.38. The Morgan fingerprint density at radius 3 is 2.06 bits per heavy atom. The van der Waals surface area contributed by atoms with Crippen LogP contribution in [0.1, 0.15) is 41.0 Å². The zero-order valence-electron chi connectivity index (χ0n) is 12.1.